The van der Waals surface area contributed by atoms with Crippen molar-refractivity contribution in [3.63, 3.8) is 0 Å². The molecule has 1 aromatic carbocycles. The summed E-state index contributed by atoms with van der Waals surface area (Å²) >= 11 is 8.43. The Labute approximate surface area is 135 Å². The first-order valence-electron chi connectivity index (χ1n) is 7.93. The molecule has 2 saturated heterocycles. The van der Waals surface area contributed by atoms with Crippen molar-refractivity contribution >= 4 is 33.0 Å². The SMILES string of the molecule is Clc1c(CN2CC[C@@H](N3CCCC3)C2)sc2ccccc12. The van der Waals surface area contributed by atoms with Crippen molar-refractivity contribution < 1.29 is 0 Å². The van der Waals surface area contributed by atoms with Crippen LogP contribution in [0.4, 0.5) is 0 Å². The van der Waals surface area contributed by atoms with Crippen LogP contribution >= 0.6 is 22.9 Å². The van der Waals surface area contributed by atoms with Crippen molar-refractivity contribution in [3.8, 4) is 0 Å². The molecule has 0 unspecified atom stereocenters. The first-order valence-corrected chi connectivity index (χ1v) is 9.13. The quantitative estimate of drug-likeness (QED) is 0.835. The van der Waals surface area contributed by atoms with E-state index in [0.29, 0.717) is 0 Å². The maximum atomic E-state index is 6.57. The van der Waals surface area contributed by atoms with Crippen molar-refractivity contribution in [2.45, 2.75) is 31.8 Å². The molecule has 2 fully saturated rings. The Morgan fingerprint density at radius 1 is 1.14 bits per heavy atom. The minimum absolute atomic E-state index is 0.778. The van der Waals surface area contributed by atoms with Crippen LogP contribution in [0.3, 0.4) is 0 Å². The van der Waals surface area contributed by atoms with Crippen LogP contribution in [0.2, 0.25) is 5.02 Å². The molecule has 2 aromatic rings. The summed E-state index contributed by atoms with van der Waals surface area (Å²) in [5.41, 5.74) is 0. The van der Waals surface area contributed by atoms with Crippen LogP contribution in [-0.4, -0.2) is 42.0 Å². The lowest BCUT2D eigenvalue weighted by Crippen LogP contribution is -2.35. The van der Waals surface area contributed by atoms with Crippen molar-refractivity contribution in [1.29, 1.82) is 0 Å². The predicted molar refractivity (Wildman–Crippen MR) is 91.3 cm³/mol. The topological polar surface area (TPSA) is 6.48 Å². The lowest BCUT2D eigenvalue weighted by atomic mass is 10.2. The standard InChI is InChI=1S/C17H21ClN2S/c18-17-14-5-1-2-6-15(14)21-16(17)12-19-10-7-13(11-19)20-8-3-4-9-20/h1-2,5-6,13H,3-4,7-12H2/t13-/m1/s1. The summed E-state index contributed by atoms with van der Waals surface area (Å²) in [6.45, 7) is 6.06. The van der Waals surface area contributed by atoms with Gasteiger partial charge in [0.25, 0.3) is 0 Å². The highest BCUT2D eigenvalue weighted by Gasteiger charge is 2.29. The number of halogens is 1. The van der Waals surface area contributed by atoms with Gasteiger partial charge >= 0.3 is 0 Å². The molecule has 0 bridgehead atoms. The minimum Gasteiger partial charge on any atom is -0.299 e. The summed E-state index contributed by atoms with van der Waals surface area (Å²) in [6, 6.07) is 9.25. The van der Waals surface area contributed by atoms with Gasteiger partial charge in [-0.05, 0) is 38.4 Å². The van der Waals surface area contributed by atoms with E-state index in [1.165, 1.54) is 60.4 Å². The van der Waals surface area contributed by atoms with Gasteiger partial charge in [-0.15, -0.1) is 11.3 Å². The molecule has 112 valence electrons. The zero-order valence-electron chi connectivity index (χ0n) is 12.2. The zero-order chi connectivity index (χ0) is 14.2. The average molecular weight is 321 g/mol. The third kappa shape index (κ3) is 2.72. The van der Waals surface area contributed by atoms with E-state index in [2.05, 4.69) is 34.1 Å². The molecule has 0 saturated carbocycles. The average Bonchev–Trinajstić information content (AvgIpc) is 3.21. The Morgan fingerprint density at radius 2 is 1.95 bits per heavy atom. The summed E-state index contributed by atoms with van der Waals surface area (Å²) in [4.78, 5) is 6.60. The second-order valence-electron chi connectivity index (χ2n) is 6.26. The smallest absolute Gasteiger partial charge is 0.0637 e. The molecule has 3 heterocycles. The summed E-state index contributed by atoms with van der Waals surface area (Å²) in [5, 5.41) is 2.19. The van der Waals surface area contributed by atoms with Gasteiger partial charge in [-0.2, -0.15) is 0 Å². The first kappa shape index (κ1) is 14.0. The van der Waals surface area contributed by atoms with Crippen molar-refractivity contribution in [3.05, 3.63) is 34.2 Å². The Hall–Kier alpha value is -0.610. The molecule has 0 aliphatic carbocycles. The number of thiophene rings is 1. The fourth-order valence-corrected chi connectivity index (χ4v) is 5.27. The second-order valence-corrected chi connectivity index (χ2v) is 7.77. The number of benzene rings is 1. The molecule has 0 radical (unpaired) electrons. The molecule has 2 aliphatic heterocycles. The molecule has 0 amide bonds. The molecule has 4 heteroatoms. The molecule has 2 nitrogen and oxygen atoms in total. The largest absolute Gasteiger partial charge is 0.299 e. The fraction of sp³-hybridized carbons (Fsp3) is 0.529. The first-order chi connectivity index (χ1) is 10.3. The summed E-state index contributed by atoms with van der Waals surface area (Å²) < 4.78 is 1.31. The lowest BCUT2D eigenvalue weighted by molar-refractivity contribution is 0.230. The van der Waals surface area contributed by atoms with Gasteiger partial charge in [-0.1, -0.05) is 29.8 Å². The molecular formula is C17H21ClN2S. The fourth-order valence-electron chi connectivity index (χ4n) is 3.73. The van der Waals surface area contributed by atoms with Crippen LogP contribution in [0.15, 0.2) is 24.3 Å². The Kier molecular flexibility index (Phi) is 3.92. The summed E-state index contributed by atoms with van der Waals surface area (Å²) in [5.74, 6) is 0. The normalized spacial score (nSPS) is 24.3. The van der Waals surface area contributed by atoms with E-state index < -0.39 is 0 Å². The third-order valence-electron chi connectivity index (χ3n) is 4.87. The number of hydrogen-bond acceptors (Lipinski definition) is 3. The predicted octanol–water partition coefficient (Wildman–Crippen LogP) is 4.22. The van der Waals surface area contributed by atoms with Crippen LogP contribution in [-0.2, 0) is 6.54 Å². The monoisotopic (exact) mass is 320 g/mol. The van der Waals surface area contributed by atoms with E-state index in [4.69, 9.17) is 11.6 Å². The molecule has 0 N–H and O–H groups in total. The Morgan fingerprint density at radius 3 is 2.76 bits per heavy atom. The highest BCUT2D eigenvalue weighted by atomic mass is 35.5. The van der Waals surface area contributed by atoms with Crippen molar-refractivity contribution in [2.24, 2.45) is 0 Å². The summed E-state index contributed by atoms with van der Waals surface area (Å²) in [7, 11) is 0. The molecule has 21 heavy (non-hydrogen) atoms. The van der Waals surface area contributed by atoms with Crippen LogP contribution in [0.5, 0.6) is 0 Å². The Balaban J connectivity index is 1.47. The number of nitrogens with zero attached hydrogens (tertiary/aromatic N) is 2. The number of likely N-dealkylation sites (tertiary alicyclic amines) is 2. The van der Waals surface area contributed by atoms with Gasteiger partial charge in [0.1, 0.15) is 0 Å². The van der Waals surface area contributed by atoms with Crippen LogP contribution in [0.1, 0.15) is 24.1 Å². The van der Waals surface area contributed by atoms with Gasteiger partial charge in [0.05, 0.1) is 5.02 Å². The van der Waals surface area contributed by atoms with Gasteiger partial charge in [-0.3, -0.25) is 9.80 Å². The maximum Gasteiger partial charge on any atom is 0.0637 e. The minimum atomic E-state index is 0.778. The molecule has 1 aromatic heterocycles. The zero-order valence-corrected chi connectivity index (χ0v) is 13.8. The van der Waals surface area contributed by atoms with E-state index in [9.17, 15) is 0 Å². The molecule has 2 aliphatic rings. The van der Waals surface area contributed by atoms with Crippen molar-refractivity contribution in [1.82, 2.24) is 9.80 Å². The maximum absolute atomic E-state index is 6.57. The second kappa shape index (κ2) is 5.88. The van der Waals surface area contributed by atoms with E-state index in [0.717, 1.165) is 17.6 Å². The van der Waals surface area contributed by atoms with Gasteiger partial charge in [0.2, 0.25) is 0 Å². The van der Waals surface area contributed by atoms with E-state index in [1.807, 2.05) is 11.3 Å². The van der Waals surface area contributed by atoms with Gasteiger partial charge < -0.3 is 0 Å². The summed E-state index contributed by atoms with van der Waals surface area (Å²) in [6.07, 6.45) is 4.10. The molecule has 0 spiro atoms. The van der Waals surface area contributed by atoms with Gasteiger partial charge in [-0.25, -0.2) is 0 Å². The third-order valence-corrected chi connectivity index (χ3v) is 6.57. The Bertz CT molecular complexity index is 633. The molecular weight excluding hydrogens is 300 g/mol. The van der Waals surface area contributed by atoms with Crippen LogP contribution < -0.4 is 0 Å². The molecule has 4 rings (SSSR count). The number of fused-ring (bicyclic) bond motifs is 1. The van der Waals surface area contributed by atoms with E-state index in [-0.39, 0.29) is 0 Å². The van der Waals surface area contributed by atoms with Gasteiger partial charge in [0, 0.05) is 40.6 Å². The molecule has 1 atom stereocenters. The van der Waals surface area contributed by atoms with Gasteiger partial charge in [0.15, 0.2) is 0 Å². The number of hydrogen-bond donors (Lipinski definition) is 0. The van der Waals surface area contributed by atoms with E-state index >= 15 is 0 Å². The van der Waals surface area contributed by atoms with E-state index in [1.54, 1.807) is 0 Å². The van der Waals surface area contributed by atoms with Crippen molar-refractivity contribution in [2.75, 3.05) is 26.2 Å². The lowest BCUT2D eigenvalue weighted by Gasteiger charge is -2.23. The van der Waals surface area contributed by atoms with Crippen LogP contribution in [0.25, 0.3) is 10.1 Å². The highest BCUT2D eigenvalue weighted by Crippen LogP contribution is 2.36. The highest BCUT2D eigenvalue weighted by molar-refractivity contribution is 7.19. The van der Waals surface area contributed by atoms with Crippen LogP contribution in [0, 0.1) is 0 Å². The number of rotatable bonds is 3.